The van der Waals surface area contributed by atoms with E-state index in [4.69, 9.17) is 0 Å². The van der Waals surface area contributed by atoms with Gasteiger partial charge in [-0.05, 0) is 44.3 Å². The van der Waals surface area contributed by atoms with Crippen LogP contribution in [0.15, 0.2) is 0 Å². The van der Waals surface area contributed by atoms with Gasteiger partial charge in [-0.1, -0.05) is 66.7 Å². The zero-order valence-corrected chi connectivity index (χ0v) is 13.7. The van der Waals surface area contributed by atoms with Crippen LogP contribution in [-0.2, 0) is 0 Å². The summed E-state index contributed by atoms with van der Waals surface area (Å²) in [6, 6.07) is 0. The van der Waals surface area contributed by atoms with Gasteiger partial charge in [0, 0.05) is 0 Å². The van der Waals surface area contributed by atoms with E-state index in [9.17, 15) is 0 Å². The fraction of sp³-hybridized carbons (Fsp3) is 1.00. The molecule has 0 aromatic rings. The molecule has 0 aliphatic carbocycles. The third-order valence-corrected chi connectivity index (χ3v) is 4.43. The van der Waals surface area contributed by atoms with E-state index in [0.717, 1.165) is 11.8 Å². The van der Waals surface area contributed by atoms with Gasteiger partial charge in [-0.3, -0.25) is 0 Å². The lowest BCUT2D eigenvalue weighted by Gasteiger charge is -2.35. The van der Waals surface area contributed by atoms with Crippen LogP contribution < -0.4 is 0 Å². The first-order valence-electron chi connectivity index (χ1n) is 8.45. The average molecular weight is 255 g/mol. The Morgan fingerprint density at radius 2 is 1.44 bits per heavy atom. The third kappa shape index (κ3) is 7.41. The molecule has 1 heterocycles. The molecule has 1 heteroatoms. The molecule has 0 aromatic heterocycles. The van der Waals surface area contributed by atoms with Gasteiger partial charge in [0.25, 0.3) is 0 Å². The fourth-order valence-electron chi connectivity index (χ4n) is 2.88. The van der Waals surface area contributed by atoms with Crippen molar-refractivity contribution in [2.75, 3.05) is 19.6 Å². The Morgan fingerprint density at radius 1 is 0.889 bits per heavy atom. The van der Waals surface area contributed by atoms with E-state index in [0.29, 0.717) is 0 Å². The maximum absolute atomic E-state index is 2.59. The molecular weight excluding hydrogens is 218 g/mol. The zero-order valence-electron chi connectivity index (χ0n) is 13.7. The van der Waals surface area contributed by atoms with Gasteiger partial charge in [0.15, 0.2) is 0 Å². The molecule has 1 aliphatic rings. The number of rotatable bonds is 6. The van der Waals surface area contributed by atoms with Gasteiger partial charge in [-0.25, -0.2) is 0 Å². The molecule has 1 rings (SSSR count). The normalized spacial score (nSPS) is 19.2. The lowest BCUT2D eigenvalue weighted by Crippen LogP contribution is -2.35. The van der Waals surface area contributed by atoms with E-state index in [1.54, 1.807) is 0 Å². The van der Waals surface area contributed by atoms with Gasteiger partial charge in [-0.2, -0.15) is 0 Å². The monoisotopic (exact) mass is 255 g/mol. The number of hydrogen-bond donors (Lipinski definition) is 0. The van der Waals surface area contributed by atoms with Crippen molar-refractivity contribution in [3.63, 3.8) is 0 Å². The average Bonchev–Trinajstić information content (AvgIpc) is 2.45. The van der Waals surface area contributed by atoms with Crippen LogP contribution in [0.25, 0.3) is 0 Å². The highest BCUT2D eigenvalue weighted by molar-refractivity contribution is 4.76. The molecule has 1 atom stereocenters. The first-order valence-corrected chi connectivity index (χ1v) is 8.45. The topological polar surface area (TPSA) is 3.24 Å². The quantitative estimate of drug-likeness (QED) is 0.618. The predicted molar refractivity (Wildman–Crippen MR) is 84.1 cm³/mol. The highest BCUT2D eigenvalue weighted by Gasteiger charge is 2.23. The van der Waals surface area contributed by atoms with Crippen LogP contribution in [0.5, 0.6) is 0 Å². The molecule has 1 nitrogen and oxygen atoms in total. The maximum Gasteiger partial charge on any atom is -0.00161 e. The second-order valence-electron chi connectivity index (χ2n) is 5.73. The lowest BCUT2D eigenvalue weighted by molar-refractivity contribution is 0.145. The summed E-state index contributed by atoms with van der Waals surface area (Å²) in [4.78, 5) is 2.59. The van der Waals surface area contributed by atoms with Crippen molar-refractivity contribution in [3.05, 3.63) is 0 Å². The van der Waals surface area contributed by atoms with Crippen molar-refractivity contribution in [2.24, 2.45) is 11.8 Å². The van der Waals surface area contributed by atoms with Crippen LogP contribution in [-0.4, -0.2) is 24.5 Å². The van der Waals surface area contributed by atoms with E-state index in [2.05, 4.69) is 39.5 Å². The number of hydrogen-bond acceptors (Lipinski definition) is 1. The second kappa shape index (κ2) is 12.0. The lowest BCUT2D eigenvalue weighted by atomic mass is 9.80. The molecule has 0 spiro atoms. The molecule has 1 saturated heterocycles. The van der Waals surface area contributed by atoms with Crippen LogP contribution in [0.1, 0.15) is 79.6 Å². The Bertz CT molecular complexity index is 157. The van der Waals surface area contributed by atoms with E-state index in [-0.39, 0.29) is 0 Å². The van der Waals surface area contributed by atoms with Crippen molar-refractivity contribution < 1.29 is 0 Å². The molecule has 1 unspecified atom stereocenters. The van der Waals surface area contributed by atoms with E-state index < -0.39 is 0 Å². The minimum atomic E-state index is 1.01. The molecule has 0 aromatic carbocycles. The van der Waals surface area contributed by atoms with Gasteiger partial charge in [0.05, 0.1) is 0 Å². The van der Waals surface area contributed by atoms with Crippen LogP contribution in [0.2, 0.25) is 0 Å². The molecular formula is C17H37N. The van der Waals surface area contributed by atoms with Gasteiger partial charge in [-0.15, -0.1) is 0 Å². The number of nitrogens with zero attached hydrogens (tertiary/aromatic N) is 1. The second-order valence-corrected chi connectivity index (χ2v) is 5.73. The van der Waals surface area contributed by atoms with Crippen LogP contribution in [0.3, 0.4) is 0 Å². The van der Waals surface area contributed by atoms with E-state index in [1.807, 2.05) is 0 Å². The summed E-state index contributed by atoms with van der Waals surface area (Å²) < 4.78 is 0. The van der Waals surface area contributed by atoms with Crippen molar-refractivity contribution in [3.8, 4) is 0 Å². The predicted octanol–water partition coefficient (Wildman–Crippen LogP) is 5.35. The van der Waals surface area contributed by atoms with E-state index in [1.165, 1.54) is 64.6 Å². The molecule has 1 aliphatic heterocycles. The fourth-order valence-corrected chi connectivity index (χ4v) is 2.88. The largest absolute Gasteiger partial charge is 0.304 e. The van der Waals surface area contributed by atoms with Crippen molar-refractivity contribution in [2.45, 2.75) is 79.6 Å². The van der Waals surface area contributed by atoms with E-state index >= 15 is 0 Å². The number of piperidine rings is 1. The van der Waals surface area contributed by atoms with Crippen molar-refractivity contribution >= 4 is 0 Å². The van der Waals surface area contributed by atoms with Gasteiger partial charge in [0.2, 0.25) is 0 Å². The van der Waals surface area contributed by atoms with Crippen LogP contribution in [0, 0.1) is 11.8 Å². The smallest absolute Gasteiger partial charge is 0.00161 e. The summed E-state index contributed by atoms with van der Waals surface area (Å²) >= 11 is 0. The number of unbranched alkanes of at least 4 members (excludes halogenated alkanes) is 1. The van der Waals surface area contributed by atoms with Crippen LogP contribution in [0.4, 0.5) is 0 Å². The van der Waals surface area contributed by atoms with Gasteiger partial charge in [0.1, 0.15) is 0 Å². The Morgan fingerprint density at radius 3 is 1.78 bits per heavy atom. The summed E-state index contributed by atoms with van der Waals surface area (Å²) in [6.07, 6.45) is 9.75. The Labute approximate surface area is 116 Å². The molecule has 0 radical (unpaired) electrons. The molecule has 18 heavy (non-hydrogen) atoms. The summed E-state index contributed by atoms with van der Waals surface area (Å²) in [5.74, 6) is 2.04. The Hall–Kier alpha value is -0.0400. The van der Waals surface area contributed by atoms with Crippen molar-refractivity contribution in [1.82, 2.24) is 4.90 Å². The number of likely N-dealkylation sites (tertiary alicyclic amines) is 1. The minimum Gasteiger partial charge on any atom is -0.304 e. The summed E-state index contributed by atoms with van der Waals surface area (Å²) in [5.41, 5.74) is 0. The summed E-state index contributed by atoms with van der Waals surface area (Å²) in [5, 5.41) is 0. The third-order valence-electron chi connectivity index (χ3n) is 4.43. The van der Waals surface area contributed by atoms with Gasteiger partial charge >= 0.3 is 0 Å². The minimum absolute atomic E-state index is 1.01. The molecule has 110 valence electrons. The standard InChI is InChI=1S/C13H27N.C4H10/c1-4-7-12(5-2)13-8-10-14(6-3)11-9-13;1-3-4-2/h12-13H,4-11H2,1-3H3;3-4H2,1-2H3. The zero-order chi connectivity index (χ0) is 13.8. The summed E-state index contributed by atoms with van der Waals surface area (Å²) in [7, 11) is 0. The van der Waals surface area contributed by atoms with Crippen molar-refractivity contribution in [1.29, 1.82) is 0 Å². The Balaban J connectivity index is 0.000000631. The summed E-state index contributed by atoms with van der Waals surface area (Å²) in [6.45, 7) is 15.3. The first-order chi connectivity index (χ1) is 8.73. The van der Waals surface area contributed by atoms with Crippen LogP contribution >= 0.6 is 0 Å². The molecule has 0 N–H and O–H groups in total. The molecule has 0 amide bonds. The molecule has 0 saturated carbocycles. The highest BCUT2D eigenvalue weighted by Crippen LogP contribution is 2.30. The van der Waals surface area contributed by atoms with Gasteiger partial charge < -0.3 is 4.90 Å². The highest BCUT2D eigenvalue weighted by atomic mass is 15.1. The molecule has 0 bridgehead atoms. The molecule has 1 fully saturated rings. The SMILES string of the molecule is CCCC.CCCC(CC)C1CCN(CC)CC1. The Kier molecular flexibility index (Phi) is 12.0. The first kappa shape index (κ1) is 18.0. The maximum atomic E-state index is 2.59.